The van der Waals surface area contributed by atoms with Gasteiger partial charge in [0.15, 0.2) is 11.6 Å². The molecule has 4 unspecified atom stereocenters. The molecule has 1 aliphatic heterocycles. The number of ketones is 2. The highest BCUT2D eigenvalue weighted by atomic mass is 16.5. The molecule has 260 valence electrons. The topological polar surface area (TPSA) is 129 Å². The molecule has 0 radical (unpaired) electrons. The van der Waals surface area contributed by atoms with Crippen LogP contribution in [0.25, 0.3) is 12.2 Å². The van der Waals surface area contributed by atoms with Crippen LogP contribution in [0.4, 0.5) is 5.69 Å². The maximum absolute atomic E-state index is 14.4. The van der Waals surface area contributed by atoms with Crippen molar-refractivity contribution in [3.05, 3.63) is 106 Å². The van der Waals surface area contributed by atoms with Crippen LogP contribution in [0.3, 0.4) is 0 Å². The fourth-order valence-electron chi connectivity index (χ4n) is 8.07. The molecule has 0 spiro atoms. The molecule has 51 heavy (non-hydrogen) atoms. The molecular weight excluding hydrogens is 650 g/mol. The number of phenolic OH excluding ortho intramolecular Hbond substituents is 1. The van der Waals surface area contributed by atoms with E-state index in [4.69, 9.17) is 18.9 Å². The van der Waals surface area contributed by atoms with E-state index in [1.807, 2.05) is 48.6 Å². The monoisotopic (exact) mass is 687 g/mol. The minimum atomic E-state index is -0.794. The first-order chi connectivity index (χ1) is 24.6. The van der Waals surface area contributed by atoms with E-state index in [9.17, 15) is 24.3 Å². The van der Waals surface area contributed by atoms with Gasteiger partial charge in [0.2, 0.25) is 11.8 Å². The number of hydrogen-bond donors (Lipinski definition) is 1. The second-order valence-electron chi connectivity index (χ2n) is 13.0. The number of carbonyl (C=O) groups excluding carboxylic acids is 4. The van der Waals surface area contributed by atoms with Crippen molar-refractivity contribution in [1.29, 1.82) is 0 Å². The summed E-state index contributed by atoms with van der Waals surface area (Å²) in [5.74, 6) is -2.12. The van der Waals surface area contributed by atoms with Crippen LogP contribution in [0, 0.1) is 17.8 Å². The third-order valence-electron chi connectivity index (χ3n) is 10.4. The fourth-order valence-corrected chi connectivity index (χ4v) is 8.07. The van der Waals surface area contributed by atoms with Crippen LogP contribution in [0.15, 0.2) is 89.0 Å². The number of rotatable bonds is 8. The van der Waals surface area contributed by atoms with Gasteiger partial charge in [-0.25, -0.2) is 0 Å². The van der Waals surface area contributed by atoms with Gasteiger partial charge in [0.05, 0.1) is 46.0 Å². The molecule has 0 bridgehead atoms. The van der Waals surface area contributed by atoms with Crippen molar-refractivity contribution >= 4 is 41.2 Å². The van der Waals surface area contributed by atoms with Crippen molar-refractivity contribution in [2.75, 3.05) is 33.3 Å². The number of imide groups is 1. The Hall–Kier alpha value is -5.90. The molecular formula is C41H37NO9. The van der Waals surface area contributed by atoms with E-state index < -0.39 is 23.7 Å². The standard InChI is InChI=1S/C41H37NO9/c1-21-16-31(44)36-30(39(21)45)20-29-27(37(36)38-33(50-4)18-25(43)19-34(38)51-5)13-14-28-35(29)41(47)42(40(28)46)24-10-7-22(8-11-24)6-9-23-17-26(48-2)12-15-32(23)49-3/h6-13,15-19,28-29,35,37,43H,14,20H2,1-5H3. The third-order valence-corrected chi connectivity index (χ3v) is 10.4. The lowest BCUT2D eigenvalue weighted by atomic mass is 9.59. The van der Waals surface area contributed by atoms with Crippen molar-refractivity contribution in [3.8, 4) is 28.7 Å². The molecule has 1 fully saturated rings. The normalized spacial score (nSPS) is 22.7. The van der Waals surface area contributed by atoms with Gasteiger partial charge in [-0.15, -0.1) is 0 Å². The summed E-state index contributed by atoms with van der Waals surface area (Å²) < 4.78 is 22.2. The number of aromatic hydroxyl groups is 1. The van der Waals surface area contributed by atoms with Crippen molar-refractivity contribution in [1.82, 2.24) is 0 Å². The Morgan fingerprint density at radius 1 is 0.784 bits per heavy atom. The molecule has 1 heterocycles. The minimum Gasteiger partial charge on any atom is -0.508 e. The van der Waals surface area contributed by atoms with Crippen LogP contribution in [-0.2, 0) is 19.2 Å². The number of Topliss-reactive ketones (excluding diaryl/α,β-unsaturated/α-hetero) is 1. The molecule has 10 nitrogen and oxygen atoms in total. The maximum atomic E-state index is 14.4. The molecule has 10 heteroatoms. The van der Waals surface area contributed by atoms with E-state index in [1.54, 1.807) is 33.3 Å². The highest BCUT2D eigenvalue weighted by Gasteiger charge is 2.57. The molecule has 4 aliphatic rings. The summed E-state index contributed by atoms with van der Waals surface area (Å²) in [6.07, 6.45) is 7.51. The Morgan fingerprint density at radius 2 is 1.47 bits per heavy atom. The second kappa shape index (κ2) is 13.1. The molecule has 1 saturated heterocycles. The lowest BCUT2D eigenvalue weighted by Gasteiger charge is -2.42. The lowest BCUT2D eigenvalue weighted by molar-refractivity contribution is -0.123. The third kappa shape index (κ3) is 5.51. The number of fused-ring (bicyclic) bond motifs is 3. The lowest BCUT2D eigenvalue weighted by Crippen LogP contribution is -2.40. The number of benzene rings is 3. The number of amides is 2. The van der Waals surface area contributed by atoms with Crippen molar-refractivity contribution in [2.45, 2.75) is 25.7 Å². The van der Waals surface area contributed by atoms with Crippen LogP contribution < -0.4 is 23.8 Å². The van der Waals surface area contributed by atoms with Gasteiger partial charge in [-0.2, -0.15) is 0 Å². The van der Waals surface area contributed by atoms with Crippen LogP contribution in [0.2, 0.25) is 0 Å². The summed E-state index contributed by atoms with van der Waals surface area (Å²) in [6, 6.07) is 15.5. The number of anilines is 1. The molecule has 3 aliphatic carbocycles. The summed E-state index contributed by atoms with van der Waals surface area (Å²) in [6.45, 7) is 1.60. The Bertz CT molecular complexity index is 2100. The van der Waals surface area contributed by atoms with Crippen LogP contribution in [0.5, 0.6) is 28.7 Å². The van der Waals surface area contributed by atoms with Gasteiger partial charge in [0.25, 0.3) is 0 Å². The van der Waals surface area contributed by atoms with Crippen LogP contribution in [-0.4, -0.2) is 56.9 Å². The van der Waals surface area contributed by atoms with Crippen LogP contribution >= 0.6 is 0 Å². The van der Waals surface area contributed by atoms with E-state index >= 15 is 0 Å². The van der Waals surface area contributed by atoms with E-state index in [0.29, 0.717) is 39.5 Å². The number of phenols is 1. The average molecular weight is 688 g/mol. The van der Waals surface area contributed by atoms with Gasteiger partial charge in [0, 0.05) is 45.9 Å². The summed E-state index contributed by atoms with van der Waals surface area (Å²) in [5.41, 5.74) is 4.30. The molecule has 3 aromatic rings. The first-order valence-corrected chi connectivity index (χ1v) is 16.6. The molecule has 7 rings (SSSR count). The van der Waals surface area contributed by atoms with E-state index in [-0.39, 0.29) is 53.5 Å². The van der Waals surface area contributed by atoms with Crippen LogP contribution in [0.1, 0.15) is 42.4 Å². The molecule has 0 saturated carbocycles. The van der Waals surface area contributed by atoms with E-state index in [0.717, 1.165) is 16.7 Å². The zero-order chi connectivity index (χ0) is 36.1. The fraction of sp³-hybridized carbons (Fsp3) is 0.268. The summed E-state index contributed by atoms with van der Waals surface area (Å²) in [7, 11) is 6.10. The largest absolute Gasteiger partial charge is 0.508 e. The number of carbonyl (C=O) groups is 4. The zero-order valence-electron chi connectivity index (χ0n) is 28.9. The first-order valence-electron chi connectivity index (χ1n) is 16.6. The summed E-state index contributed by atoms with van der Waals surface area (Å²) in [4.78, 5) is 57.1. The Kier molecular flexibility index (Phi) is 8.62. The number of ether oxygens (including phenoxy) is 4. The van der Waals surface area contributed by atoms with Gasteiger partial charge in [0.1, 0.15) is 28.7 Å². The highest BCUT2D eigenvalue weighted by Crippen LogP contribution is 2.58. The Morgan fingerprint density at radius 3 is 2.12 bits per heavy atom. The molecule has 3 aromatic carbocycles. The zero-order valence-corrected chi connectivity index (χ0v) is 28.9. The smallest absolute Gasteiger partial charge is 0.238 e. The predicted octanol–water partition coefficient (Wildman–Crippen LogP) is 6.23. The van der Waals surface area contributed by atoms with Crippen molar-refractivity contribution < 1.29 is 43.2 Å². The second-order valence-corrected chi connectivity index (χ2v) is 13.0. The number of allylic oxidation sites excluding steroid dienone is 6. The van der Waals surface area contributed by atoms with E-state index in [2.05, 4.69) is 0 Å². The maximum Gasteiger partial charge on any atom is 0.238 e. The number of nitrogens with zero attached hydrogens (tertiary/aromatic N) is 1. The Labute approximate surface area is 295 Å². The van der Waals surface area contributed by atoms with E-state index in [1.165, 1.54) is 37.3 Å². The SMILES string of the molecule is COc1ccc(OC)c(C=Cc2ccc(N3C(=O)C4CC=C5C(c6c(OC)cc(O)cc6OC)C6=C(CC5C4C3=O)C(=O)C(C)=CC6=O)cc2)c1. The Balaban J connectivity index is 1.24. The van der Waals surface area contributed by atoms with Gasteiger partial charge in [-0.1, -0.05) is 35.9 Å². The van der Waals surface area contributed by atoms with Gasteiger partial charge in [-0.05, 0) is 67.7 Å². The number of hydrogen-bond acceptors (Lipinski definition) is 9. The van der Waals surface area contributed by atoms with Crippen molar-refractivity contribution in [3.63, 3.8) is 0 Å². The number of methoxy groups -OCH3 is 4. The van der Waals surface area contributed by atoms with Crippen molar-refractivity contribution in [2.24, 2.45) is 17.8 Å². The van der Waals surface area contributed by atoms with Gasteiger partial charge < -0.3 is 24.1 Å². The van der Waals surface area contributed by atoms with Gasteiger partial charge >= 0.3 is 0 Å². The predicted molar refractivity (Wildman–Crippen MR) is 190 cm³/mol. The molecule has 1 N–H and O–H groups in total. The molecule has 4 atom stereocenters. The average Bonchev–Trinajstić information content (AvgIpc) is 3.40. The van der Waals surface area contributed by atoms with Gasteiger partial charge in [-0.3, -0.25) is 24.1 Å². The minimum absolute atomic E-state index is 0.0952. The first kappa shape index (κ1) is 33.6. The summed E-state index contributed by atoms with van der Waals surface area (Å²) in [5, 5.41) is 10.4. The molecule has 0 aromatic heterocycles. The highest BCUT2D eigenvalue weighted by molar-refractivity contribution is 6.25. The summed E-state index contributed by atoms with van der Waals surface area (Å²) >= 11 is 0. The molecule has 2 amide bonds. The quantitative estimate of drug-likeness (QED) is 0.127.